The number of rotatable bonds is 5. The molecular weight excluding hydrogens is 437 g/mol. The van der Waals surface area contributed by atoms with Gasteiger partial charge >= 0.3 is 12.1 Å². The van der Waals surface area contributed by atoms with E-state index < -0.39 is 35.1 Å². The van der Waals surface area contributed by atoms with Crippen molar-refractivity contribution in [2.24, 2.45) is 0 Å². The first-order valence-corrected chi connectivity index (χ1v) is 7.95. The van der Waals surface area contributed by atoms with Crippen molar-refractivity contribution in [2.75, 3.05) is 11.9 Å². The molecule has 0 heterocycles. The van der Waals surface area contributed by atoms with Gasteiger partial charge in [0.05, 0.1) is 21.7 Å². The van der Waals surface area contributed by atoms with Crippen LogP contribution in [0.25, 0.3) is 0 Å². The van der Waals surface area contributed by atoms with E-state index in [1.165, 1.54) is 12.1 Å². The molecule has 0 aliphatic heterocycles. The van der Waals surface area contributed by atoms with Crippen LogP contribution in [0, 0.1) is 10.1 Å². The van der Waals surface area contributed by atoms with Gasteiger partial charge in [0.15, 0.2) is 6.61 Å². The number of nitrogens with zero attached hydrogens (tertiary/aromatic N) is 1. The summed E-state index contributed by atoms with van der Waals surface area (Å²) in [7, 11) is 0. The molecule has 27 heavy (non-hydrogen) atoms. The predicted molar refractivity (Wildman–Crippen MR) is 91.2 cm³/mol. The van der Waals surface area contributed by atoms with Crippen LogP contribution in [-0.2, 0) is 15.7 Å². The number of carbonyl (C=O) groups is 2. The second-order valence-corrected chi connectivity index (χ2v) is 5.98. The van der Waals surface area contributed by atoms with Gasteiger partial charge in [-0.1, -0.05) is 6.07 Å². The largest absolute Gasteiger partial charge is 0.452 e. The summed E-state index contributed by atoms with van der Waals surface area (Å²) in [6.07, 6.45) is -4.62. The third-order valence-corrected chi connectivity index (χ3v) is 3.85. The number of ether oxygens (including phenoxy) is 1. The molecule has 142 valence electrons. The van der Waals surface area contributed by atoms with E-state index in [9.17, 15) is 32.9 Å². The highest BCUT2D eigenvalue weighted by atomic mass is 79.9. The average molecular weight is 447 g/mol. The monoisotopic (exact) mass is 446 g/mol. The number of halogens is 4. The van der Waals surface area contributed by atoms with Crippen LogP contribution in [0.4, 0.5) is 24.5 Å². The zero-order valence-electron chi connectivity index (χ0n) is 13.2. The van der Waals surface area contributed by atoms with Gasteiger partial charge in [0, 0.05) is 16.6 Å². The SMILES string of the molecule is O=C(COC(=O)c1cccc(C(F)(F)F)c1)Nc1ccc([N+](=O)[O-])cc1Br. The van der Waals surface area contributed by atoms with Crippen molar-refractivity contribution in [3.63, 3.8) is 0 Å². The molecule has 1 N–H and O–H groups in total. The second-order valence-electron chi connectivity index (χ2n) is 5.12. The lowest BCUT2D eigenvalue weighted by atomic mass is 10.1. The molecule has 0 atom stereocenters. The number of nitrogens with one attached hydrogen (secondary N) is 1. The van der Waals surface area contributed by atoms with E-state index in [-0.39, 0.29) is 21.4 Å². The van der Waals surface area contributed by atoms with Crippen molar-refractivity contribution in [1.82, 2.24) is 0 Å². The quantitative estimate of drug-likeness (QED) is 0.422. The fraction of sp³-hybridized carbons (Fsp3) is 0.125. The Kier molecular flexibility index (Phi) is 6.16. The van der Waals surface area contributed by atoms with Crippen LogP contribution < -0.4 is 5.32 Å². The van der Waals surface area contributed by atoms with Crippen molar-refractivity contribution in [1.29, 1.82) is 0 Å². The smallest absolute Gasteiger partial charge is 0.416 e. The Labute approximate surface area is 158 Å². The zero-order valence-corrected chi connectivity index (χ0v) is 14.8. The van der Waals surface area contributed by atoms with Gasteiger partial charge in [0.25, 0.3) is 11.6 Å². The number of carbonyl (C=O) groups excluding carboxylic acids is 2. The molecule has 0 saturated carbocycles. The molecule has 0 unspecified atom stereocenters. The molecule has 0 saturated heterocycles. The van der Waals surface area contributed by atoms with E-state index in [0.717, 1.165) is 24.3 Å². The predicted octanol–water partition coefficient (Wildman–Crippen LogP) is 4.17. The van der Waals surface area contributed by atoms with Gasteiger partial charge in [-0.2, -0.15) is 13.2 Å². The fourth-order valence-electron chi connectivity index (χ4n) is 1.94. The Hall–Kier alpha value is -2.95. The van der Waals surface area contributed by atoms with Gasteiger partial charge < -0.3 is 10.1 Å². The first-order valence-electron chi connectivity index (χ1n) is 7.16. The third kappa shape index (κ3) is 5.51. The summed E-state index contributed by atoms with van der Waals surface area (Å²) in [5.41, 5.74) is -1.37. The van der Waals surface area contributed by atoms with E-state index in [2.05, 4.69) is 26.0 Å². The summed E-state index contributed by atoms with van der Waals surface area (Å²) >= 11 is 3.05. The van der Waals surface area contributed by atoms with Crippen LogP contribution in [0.5, 0.6) is 0 Å². The van der Waals surface area contributed by atoms with Gasteiger partial charge in [-0.05, 0) is 40.2 Å². The normalized spacial score (nSPS) is 11.0. The molecule has 2 aromatic carbocycles. The molecule has 2 aromatic rings. The topological polar surface area (TPSA) is 98.5 Å². The van der Waals surface area contributed by atoms with Gasteiger partial charge in [-0.3, -0.25) is 14.9 Å². The summed E-state index contributed by atoms with van der Waals surface area (Å²) in [5, 5.41) is 13.0. The number of non-ortho nitro benzene ring substituents is 1. The molecule has 1 amide bonds. The molecule has 2 rings (SSSR count). The summed E-state index contributed by atoms with van der Waals surface area (Å²) in [4.78, 5) is 33.7. The molecule has 0 aliphatic rings. The van der Waals surface area contributed by atoms with Crippen LogP contribution >= 0.6 is 15.9 Å². The first-order chi connectivity index (χ1) is 12.6. The maximum absolute atomic E-state index is 12.6. The van der Waals surface area contributed by atoms with Gasteiger partial charge in [0.2, 0.25) is 0 Å². The van der Waals surface area contributed by atoms with Crippen LogP contribution in [0.15, 0.2) is 46.9 Å². The van der Waals surface area contributed by atoms with Crippen LogP contribution in [-0.4, -0.2) is 23.4 Å². The number of amides is 1. The highest BCUT2D eigenvalue weighted by molar-refractivity contribution is 9.10. The van der Waals surface area contributed by atoms with Gasteiger partial charge in [0.1, 0.15) is 0 Å². The molecule has 0 aliphatic carbocycles. The van der Waals surface area contributed by atoms with Crippen LogP contribution in [0.2, 0.25) is 0 Å². The zero-order chi connectivity index (χ0) is 20.2. The lowest BCUT2D eigenvalue weighted by molar-refractivity contribution is -0.384. The van der Waals surface area contributed by atoms with Crippen molar-refractivity contribution in [3.05, 3.63) is 68.2 Å². The Morgan fingerprint density at radius 3 is 2.48 bits per heavy atom. The van der Waals surface area contributed by atoms with Crippen molar-refractivity contribution >= 4 is 39.2 Å². The van der Waals surface area contributed by atoms with E-state index in [1.54, 1.807) is 0 Å². The van der Waals surface area contributed by atoms with E-state index in [0.29, 0.717) is 6.07 Å². The minimum Gasteiger partial charge on any atom is -0.452 e. The average Bonchev–Trinajstić information content (AvgIpc) is 2.60. The molecule has 7 nitrogen and oxygen atoms in total. The number of alkyl halides is 3. The summed E-state index contributed by atoms with van der Waals surface area (Å²) < 4.78 is 42.8. The van der Waals surface area contributed by atoms with E-state index >= 15 is 0 Å². The molecular formula is C16H10BrF3N2O5. The number of hydrogen-bond acceptors (Lipinski definition) is 5. The van der Waals surface area contributed by atoms with Gasteiger partial charge in [-0.15, -0.1) is 0 Å². The van der Waals surface area contributed by atoms with Crippen molar-refractivity contribution in [3.8, 4) is 0 Å². The van der Waals surface area contributed by atoms with Crippen LogP contribution in [0.3, 0.4) is 0 Å². The third-order valence-electron chi connectivity index (χ3n) is 3.20. The molecule has 0 bridgehead atoms. The lowest BCUT2D eigenvalue weighted by Crippen LogP contribution is -2.21. The Bertz CT molecular complexity index is 902. The number of benzene rings is 2. The Balaban J connectivity index is 1.98. The summed E-state index contributed by atoms with van der Waals surface area (Å²) in [6, 6.07) is 7.20. The standard InChI is InChI=1S/C16H10BrF3N2O5/c17-12-7-11(22(25)26)4-5-13(12)21-14(23)8-27-15(24)9-2-1-3-10(6-9)16(18,19)20/h1-7H,8H2,(H,21,23). The maximum atomic E-state index is 12.6. The molecule has 0 radical (unpaired) electrons. The number of nitro groups is 1. The Morgan fingerprint density at radius 2 is 1.89 bits per heavy atom. The molecule has 0 aromatic heterocycles. The number of nitro benzene ring substituents is 1. The lowest BCUT2D eigenvalue weighted by Gasteiger charge is -2.10. The van der Waals surface area contributed by atoms with Gasteiger partial charge in [-0.25, -0.2) is 4.79 Å². The number of esters is 1. The second kappa shape index (κ2) is 8.16. The van der Waals surface area contributed by atoms with Crippen LogP contribution in [0.1, 0.15) is 15.9 Å². The van der Waals surface area contributed by atoms with Crippen molar-refractivity contribution < 1.29 is 32.4 Å². The highest BCUT2D eigenvalue weighted by Crippen LogP contribution is 2.30. The summed E-state index contributed by atoms with van der Waals surface area (Å²) in [6.45, 7) is -0.751. The van der Waals surface area contributed by atoms with Crippen molar-refractivity contribution in [2.45, 2.75) is 6.18 Å². The summed E-state index contributed by atoms with van der Waals surface area (Å²) in [5.74, 6) is -1.87. The van der Waals surface area contributed by atoms with E-state index in [4.69, 9.17) is 0 Å². The first kappa shape index (κ1) is 20.4. The maximum Gasteiger partial charge on any atom is 0.416 e. The number of anilines is 1. The minimum absolute atomic E-state index is 0.195. The molecule has 0 spiro atoms. The van der Waals surface area contributed by atoms with E-state index in [1.807, 2.05) is 0 Å². The molecule has 11 heteroatoms. The number of hydrogen-bond donors (Lipinski definition) is 1. The minimum atomic E-state index is -4.62. The highest BCUT2D eigenvalue weighted by Gasteiger charge is 2.31. The molecule has 0 fully saturated rings. The Morgan fingerprint density at radius 1 is 1.19 bits per heavy atom. The fourth-order valence-corrected chi connectivity index (χ4v) is 2.41.